The van der Waals surface area contributed by atoms with Gasteiger partial charge < -0.3 is 15.4 Å². The Morgan fingerprint density at radius 2 is 1.89 bits per heavy atom. The van der Waals surface area contributed by atoms with Gasteiger partial charge in [0.15, 0.2) is 5.96 Å². The van der Waals surface area contributed by atoms with Crippen LogP contribution in [0.4, 0.5) is 13.2 Å². The molecule has 0 amide bonds. The first-order valence-corrected chi connectivity index (χ1v) is 8.67. The highest BCUT2D eigenvalue weighted by molar-refractivity contribution is 14.0. The molecule has 1 heterocycles. The van der Waals surface area contributed by atoms with Crippen molar-refractivity contribution in [2.75, 3.05) is 14.2 Å². The molecule has 0 aliphatic carbocycles. The second kappa shape index (κ2) is 10.1. The highest BCUT2D eigenvalue weighted by Gasteiger charge is 2.33. The van der Waals surface area contributed by atoms with Gasteiger partial charge in [-0.25, -0.2) is 4.98 Å². The van der Waals surface area contributed by atoms with Gasteiger partial charge in [-0.05, 0) is 31.5 Å². The first kappa shape index (κ1) is 23.5. The Labute approximate surface area is 177 Å². The molecule has 0 aliphatic rings. The average molecular weight is 514 g/mol. The molecule has 2 aromatic rings. The number of benzene rings is 1. The maximum Gasteiger partial charge on any atom is 0.416 e. The molecular weight excluding hydrogens is 492 g/mol. The van der Waals surface area contributed by atoms with E-state index in [4.69, 9.17) is 4.74 Å². The summed E-state index contributed by atoms with van der Waals surface area (Å²) in [6.45, 7) is 4.36. The Morgan fingerprint density at radius 3 is 2.41 bits per heavy atom. The van der Waals surface area contributed by atoms with Gasteiger partial charge in [-0.3, -0.25) is 4.99 Å². The molecule has 0 saturated heterocycles. The van der Waals surface area contributed by atoms with E-state index in [2.05, 4.69) is 20.6 Å². The number of guanidine groups is 1. The molecule has 0 unspecified atom stereocenters. The third-order valence-corrected chi connectivity index (χ3v) is 4.85. The fourth-order valence-corrected chi connectivity index (χ4v) is 3.15. The molecule has 5 nitrogen and oxygen atoms in total. The van der Waals surface area contributed by atoms with E-state index in [0.717, 1.165) is 21.6 Å². The first-order chi connectivity index (χ1) is 12.2. The van der Waals surface area contributed by atoms with E-state index in [9.17, 15) is 13.2 Å². The lowest BCUT2D eigenvalue weighted by atomic mass is 10.1. The van der Waals surface area contributed by atoms with E-state index in [1.54, 1.807) is 18.4 Å². The van der Waals surface area contributed by atoms with E-state index >= 15 is 0 Å². The van der Waals surface area contributed by atoms with Crippen molar-refractivity contribution >= 4 is 41.3 Å². The summed E-state index contributed by atoms with van der Waals surface area (Å²) in [5.74, 6) is 0.567. The Morgan fingerprint density at radius 1 is 1.22 bits per heavy atom. The normalized spacial score (nSPS) is 11.7. The van der Waals surface area contributed by atoms with Crippen molar-refractivity contribution in [2.24, 2.45) is 4.99 Å². The predicted octanol–water partition coefficient (Wildman–Crippen LogP) is 4.27. The Hall–Kier alpha value is -1.56. The maximum atomic E-state index is 13.2. The van der Waals surface area contributed by atoms with Gasteiger partial charge in [0.05, 0.1) is 24.9 Å². The van der Waals surface area contributed by atoms with Crippen molar-refractivity contribution in [1.82, 2.24) is 15.6 Å². The van der Waals surface area contributed by atoms with Gasteiger partial charge >= 0.3 is 6.18 Å². The van der Waals surface area contributed by atoms with Gasteiger partial charge in [0.1, 0.15) is 10.8 Å². The second-order valence-corrected chi connectivity index (χ2v) is 6.84. The number of methoxy groups -OCH3 is 1. The molecule has 1 aromatic carbocycles. The van der Waals surface area contributed by atoms with Gasteiger partial charge in [-0.1, -0.05) is 6.07 Å². The molecule has 0 bridgehead atoms. The molecule has 0 fully saturated rings. The Kier molecular flexibility index (Phi) is 8.79. The second-order valence-electron chi connectivity index (χ2n) is 5.55. The number of alkyl halides is 3. The highest BCUT2D eigenvalue weighted by Crippen LogP contribution is 2.34. The standard InChI is InChI=1S/C17H21F3N4OS.HI/c1-10-11(2)26-15(24-10)9-23-16(21-3)22-8-12-5-6-13(25-4)7-14(12)17(18,19)20;/h5-7H,8-9H2,1-4H3,(H2,21,22,23);1H. The molecule has 0 radical (unpaired) electrons. The summed E-state index contributed by atoms with van der Waals surface area (Å²) in [5, 5.41) is 6.85. The van der Waals surface area contributed by atoms with E-state index in [-0.39, 0.29) is 41.8 Å². The van der Waals surface area contributed by atoms with Gasteiger partial charge in [0.2, 0.25) is 0 Å². The largest absolute Gasteiger partial charge is 0.497 e. The van der Waals surface area contributed by atoms with Gasteiger partial charge in [0, 0.05) is 18.5 Å². The number of thiazole rings is 1. The minimum absolute atomic E-state index is 0. The number of hydrogen-bond donors (Lipinski definition) is 2. The monoisotopic (exact) mass is 514 g/mol. The summed E-state index contributed by atoms with van der Waals surface area (Å²) in [5.41, 5.74) is 0.357. The molecule has 10 heteroatoms. The molecule has 0 atom stereocenters. The number of halogens is 4. The number of nitrogens with one attached hydrogen (secondary N) is 2. The predicted molar refractivity (Wildman–Crippen MR) is 112 cm³/mol. The topological polar surface area (TPSA) is 58.5 Å². The van der Waals surface area contributed by atoms with Crippen molar-refractivity contribution < 1.29 is 17.9 Å². The summed E-state index contributed by atoms with van der Waals surface area (Å²) < 4.78 is 44.6. The molecule has 0 spiro atoms. The van der Waals surface area contributed by atoms with Crippen LogP contribution >= 0.6 is 35.3 Å². The van der Waals surface area contributed by atoms with E-state index in [0.29, 0.717) is 12.5 Å². The molecular formula is C17H22F3IN4OS. The molecule has 2 N–H and O–H groups in total. The molecule has 0 aliphatic heterocycles. The van der Waals surface area contributed by atoms with Gasteiger partial charge in [-0.2, -0.15) is 13.2 Å². The zero-order valence-electron chi connectivity index (χ0n) is 15.4. The zero-order chi connectivity index (χ0) is 19.3. The Bertz CT molecular complexity index is 773. The summed E-state index contributed by atoms with van der Waals surface area (Å²) in [7, 11) is 2.90. The van der Waals surface area contributed by atoms with Crippen LogP contribution in [0.2, 0.25) is 0 Å². The van der Waals surface area contributed by atoms with Crippen LogP contribution in [-0.2, 0) is 19.3 Å². The third kappa shape index (κ3) is 6.52. The van der Waals surface area contributed by atoms with Gasteiger partial charge in [0.25, 0.3) is 0 Å². The minimum Gasteiger partial charge on any atom is -0.497 e. The quantitative estimate of drug-likeness (QED) is 0.356. The highest BCUT2D eigenvalue weighted by atomic mass is 127. The van der Waals surface area contributed by atoms with E-state index in [1.807, 2.05) is 13.8 Å². The fraction of sp³-hybridized carbons (Fsp3) is 0.412. The number of hydrogen-bond acceptors (Lipinski definition) is 4. The lowest BCUT2D eigenvalue weighted by molar-refractivity contribution is -0.138. The van der Waals surface area contributed by atoms with Crippen LogP contribution in [0.1, 0.15) is 26.7 Å². The van der Waals surface area contributed by atoms with Crippen molar-refractivity contribution in [2.45, 2.75) is 33.1 Å². The molecule has 150 valence electrons. The van der Waals surface area contributed by atoms with E-state index < -0.39 is 11.7 Å². The summed E-state index contributed by atoms with van der Waals surface area (Å²) >= 11 is 1.57. The van der Waals surface area contributed by atoms with Crippen LogP contribution in [0.25, 0.3) is 0 Å². The van der Waals surface area contributed by atoms with Crippen LogP contribution < -0.4 is 15.4 Å². The lowest BCUT2D eigenvalue weighted by Crippen LogP contribution is -2.36. The van der Waals surface area contributed by atoms with Crippen LogP contribution in [0, 0.1) is 13.8 Å². The molecule has 0 saturated carbocycles. The van der Waals surface area contributed by atoms with Gasteiger partial charge in [-0.15, -0.1) is 35.3 Å². The molecule has 2 rings (SSSR count). The first-order valence-electron chi connectivity index (χ1n) is 7.86. The number of aryl methyl sites for hydroxylation is 2. The van der Waals surface area contributed by atoms with Crippen molar-refractivity contribution in [3.8, 4) is 5.75 Å². The van der Waals surface area contributed by atoms with E-state index in [1.165, 1.54) is 19.2 Å². The molecule has 1 aromatic heterocycles. The fourth-order valence-electron chi connectivity index (χ4n) is 2.27. The SMILES string of the molecule is CN=C(NCc1nc(C)c(C)s1)NCc1ccc(OC)cc1C(F)(F)F.I. The minimum atomic E-state index is -4.46. The number of nitrogens with zero attached hydrogens (tertiary/aromatic N) is 2. The molecule has 27 heavy (non-hydrogen) atoms. The van der Waals surface area contributed by atoms with Crippen molar-refractivity contribution in [3.05, 3.63) is 44.9 Å². The number of aliphatic imine (C=N–C) groups is 1. The van der Waals surface area contributed by atoms with Crippen LogP contribution in [0.3, 0.4) is 0 Å². The summed E-state index contributed by atoms with van der Waals surface area (Å²) in [6.07, 6.45) is -4.46. The zero-order valence-corrected chi connectivity index (χ0v) is 18.5. The Balaban J connectivity index is 0.00000364. The van der Waals surface area contributed by atoms with Crippen LogP contribution in [-0.4, -0.2) is 25.1 Å². The summed E-state index contributed by atoms with van der Waals surface area (Å²) in [4.78, 5) is 9.59. The lowest BCUT2D eigenvalue weighted by Gasteiger charge is -2.16. The smallest absolute Gasteiger partial charge is 0.416 e. The van der Waals surface area contributed by atoms with Crippen molar-refractivity contribution in [1.29, 1.82) is 0 Å². The summed E-state index contributed by atoms with van der Waals surface area (Å²) in [6, 6.07) is 3.90. The third-order valence-electron chi connectivity index (χ3n) is 3.77. The number of aromatic nitrogens is 1. The van der Waals surface area contributed by atoms with Crippen molar-refractivity contribution in [3.63, 3.8) is 0 Å². The van der Waals surface area contributed by atoms with Crippen LogP contribution in [0.15, 0.2) is 23.2 Å². The number of ether oxygens (including phenoxy) is 1. The average Bonchev–Trinajstić information content (AvgIpc) is 2.92. The number of rotatable bonds is 5. The van der Waals surface area contributed by atoms with Crippen LogP contribution in [0.5, 0.6) is 5.75 Å². The maximum absolute atomic E-state index is 13.2.